The molecule has 1 aromatic heterocycles. The second-order valence-corrected chi connectivity index (χ2v) is 9.69. The maximum Gasteiger partial charge on any atom is 0.262 e. The number of para-hydroxylation sites is 1. The quantitative estimate of drug-likeness (QED) is 0.139. The number of hydrogen-bond acceptors (Lipinski definition) is 7. The van der Waals surface area contributed by atoms with Gasteiger partial charge in [0.25, 0.3) is 17.4 Å². The van der Waals surface area contributed by atoms with Crippen molar-refractivity contribution in [3.05, 3.63) is 81.6 Å². The van der Waals surface area contributed by atoms with Gasteiger partial charge >= 0.3 is 0 Å². The van der Waals surface area contributed by atoms with Crippen molar-refractivity contribution in [3.63, 3.8) is 0 Å². The average Bonchev–Trinajstić information content (AvgIpc) is 3.50. The highest BCUT2D eigenvalue weighted by Crippen LogP contribution is 2.33. The van der Waals surface area contributed by atoms with Crippen molar-refractivity contribution in [2.45, 2.75) is 17.9 Å². The lowest BCUT2D eigenvalue weighted by Gasteiger charge is -2.20. The molecule has 1 saturated heterocycles. The number of hydrazone groups is 1. The van der Waals surface area contributed by atoms with Crippen molar-refractivity contribution in [1.29, 1.82) is 5.26 Å². The number of likely N-dealkylation sites (tertiary alicyclic amines) is 1. The van der Waals surface area contributed by atoms with Crippen LogP contribution in [0.5, 0.6) is 0 Å². The van der Waals surface area contributed by atoms with Gasteiger partial charge in [-0.2, -0.15) is 10.4 Å². The number of nitrogens with two attached hydrogens (primary N) is 2. The average molecular weight is 530 g/mol. The van der Waals surface area contributed by atoms with E-state index in [1.165, 1.54) is 4.90 Å². The van der Waals surface area contributed by atoms with Crippen molar-refractivity contribution in [2.75, 3.05) is 30.8 Å². The Morgan fingerprint density at radius 2 is 1.87 bits per heavy atom. The third kappa shape index (κ3) is 5.40. The number of H-pyrrole nitrogens is 1. The smallest absolute Gasteiger partial charge is 0.262 e. The van der Waals surface area contributed by atoms with Crippen molar-refractivity contribution in [2.24, 2.45) is 16.7 Å². The first-order valence-electron chi connectivity index (χ1n) is 11.9. The first-order chi connectivity index (χ1) is 18.3. The van der Waals surface area contributed by atoms with Gasteiger partial charge in [-0.3, -0.25) is 14.4 Å². The number of aromatic amines is 1. The number of nitrogens with zero attached hydrogens (tertiary/aromatic N) is 4. The summed E-state index contributed by atoms with van der Waals surface area (Å²) in [4.78, 5) is 46.0. The Morgan fingerprint density at radius 1 is 1.16 bits per heavy atom. The minimum Gasteiger partial charge on any atom is -0.385 e. The van der Waals surface area contributed by atoms with Crippen LogP contribution in [0.25, 0.3) is 11.1 Å². The van der Waals surface area contributed by atoms with Crippen molar-refractivity contribution >= 4 is 35.1 Å². The first kappa shape index (κ1) is 26.5. The summed E-state index contributed by atoms with van der Waals surface area (Å²) in [5.41, 5.74) is 6.69. The number of thioether (sulfide) groups is 1. The predicted molar refractivity (Wildman–Crippen MR) is 148 cm³/mol. The zero-order valence-corrected chi connectivity index (χ0v) is 21.6. The molecule has 1 aliphatic heterocycles. The van der Waals surface area contributed by atoms with Gasteiger partial charge in [-0.15, -0.1) is 0 Å². The number of carbonyl (C=O) groups excluding carboxylic acids is 2. The molecule has 38 heavy (non-hydrogen) atoms. The molecule has 5 N–H and O–H groups in total. The maximum absolute atomic E-state index is 13.5. The van der Waals surface area contributed by atoms with Gasteiger partial charge in [0.1, 0.15) is 17.5 Å². The Balaban J connectivity index is 1.86. The van der Waals surface area contributed by atoms with Crippen LogP contribution in [0.2, 0.25) is 0 Å². The number of amides is 2. The number of hydrogen-bond donors (Lipinski definition) is 3. The summed E-state index contributed by atoms with van der Waals surface area (Å²) in [6, 6.07) is 17.9. The van der Waals surface area contributed by atoms with E-state index >= 15 is 0 Å². The number of rotatable bonds is 7. The Bertz CT molecular complexity index is 1490. The molecule has 0 spiro atoms. The molecule has 0 bridgehead atoms. The third-order valence-electron chi connectivity index (χ3n) is 6.28. The summed E-state index contributed by atoms with van der Waals surface area (Å²) in [6.07, 6.45) is 1.68. The summed E-state index contributed by atoms with van der Waals surface area (Å²) < 4.78 is 0. The zero-order chi connectivity index (χ0) is 27.2. The Morgan fingerprint density at radius 3 is 2.53 bits per heavy atom. The van der Waals surface area contributed by atoms with Gasteiger partial charge < -0.3 is 26.4 Å². The van der Waals surface area contributed by atoms with Crippen LogP contribution in [-0.2, 0) is 0 Å². The van der Waals surface area contributed by atoms with E-state index in [0.717, 1.165) is 24.6 Å². The monoisotopic (exact) mass is 529 g/mol. The van der Waals surface area contributed by atoms with E-state index in [1.807, 2.05) is 30.3 Å². The molecule has 2 aromatic carbocycles. The van der Waals surface area contributed by atoms with E-state index in [2.05, 4.69) is 16.2 Å². The molecule has 11 heteroatoms. The Labute approximate surface area is 223 Å². The molecule has 4 rings (SSSR count). The van der Waals surface area contributed by atoms with Crippen LogP contribution in [0.4, 0.5) is 5.69 Å². The molecule has 2 amide bonds. The number of benzene rings is 2. The van der Waals surface area contributed by atoms with E-state index in [0.29, 0.717) is 29.9 Å². The standard InChI is InChI=1S/C27H27N7O3S/c1-33(19-10-3-2-4-11-19)26(36)18-9-7-8-17(14-18)22-20(15-28)25(38-16-21(29)32-30)31-24(35)23(22)27(37)34-12-5-6-13-34/h2-4,7-11,14H,5-6,12-13,16,30H2,1H3,(H2,29,32)(H,31,35). The van der Waals surface area contributed by atoms with Crippen LogP contribution in [0.15, 0.2) is 69.5 Å². The van der Waals surface area contributed by atoms with Gasteiger partial charge in [-0.1, -0.05) is 42.1 Å². The van der Waals surface area contributed by atoms with Crippen molar-refractivity contribution < 1.29 is 9.59 Å². The molecule has 3 aromatic rings. The van der Waals surface area contributed by atoms with Crippen molar-refractivity contribution in [1.82, 2.24) is 9.88 Å². The summed E-state index contributed by atoms with van der Waals surface area (Å²) in [5.74, 6) is 4.74. The predicted octanol–water partition coefficient (Wildman–Crippen LogP) is 2.75. The Hall–Kier alpha value is -4.56. The number of pyridine rings is 1. The van der Waals surface area contributed by atoms with E-state index in [-0.39, 0.29) is 39.2 Å². The number of amidine groups is 1. The van der Waals surface area contributed by atoms with E-state index in [1.54, 1.807) is 36.2 Å². The molecule has 0 atom stereocenters. The maximum atomic E-state index is 13.5. The van der Waals surface area contributed by atoms with Crippen LogP contribution in [-0.4, -0.2) is 53.4 Å². The van der Waals surface area contributed by atoms with Gasteiger partial charge in [0.2, 0.25) is 0 Å². The third-order valence-corrected chi connectivity index (χ3v) is 7.31. The molecule has 2 heterocycles. The van der Waals surface area contributed by atoms with E-state index in [9.17, 15) is 19.6 Å². The molecule has 0 saturated carbocycles. The minimum absolute atomic E-state index is 0.1000. The van der Waals surface area contributed by atoms with Gasteiger partial charge in [-0.25, -0.2) is 0 Å². The topological polar surface area (TPSA) is 162 Å². The van der Waals surface area contributed by atoms with E-state index in [4.69, 9.17) is 11.6 Å². The van der Waals surface area contributed by atoms with Crippen molar-refractivity contribution in [3.8, 4) is 17.2 Å². The zero-order valence-electron chi connectivity index (χ0n) is 20.8. The molecule has 0 radical (unpaired) electrons. The van der Waals surface area contributed by atoms with Gasteiger partial charge in [-0.05, 0) is 42.7 Å². The highest BCUT2D eigenvalue weighted by Gasteiger charge is 2.29. The van der Waals surface area contributed by atoms with Crippen LogP contribution in [0.1, 0.15) is 39.1 Å². The number of nitrogens with one attached hydrogen (secondary N) is 1. The molecule has 0 unspecified atom stereocenters. The summed E-state index contributed by atoms with van der Waals surface area (Å²) in [5, 5.41) is 13.8. The normalized spacial score (nSPS) is 13.3. The van der Waals surface area contributed by atoms with Gasteiger partial charge in [0.15, 0.2) is 0 Å². The van der Waals surface area contributed by atoms with Crippen LogP contribution >= 0.6 is 11.8 Å². The number of nitriles is 1. The highest BCUT2D eigenvalue weighted by molar-refractivity contribution is 8.00. The number of carbonyl (C=O) groups is 2. The molecule has 10 nitrogen and oxygen atoms in total. The fourth-order valence-electron chi connectivity index (χ4n) is 4.32. The molecule has 194 valence electrons. The lowest BCUT2D eigenvalue weighted by Crippen LogP contribution is -2.34. The summed E-state index contributed by atoms with van der Waals surface area (Å²) >= 11 is 1.08. The van der Waals surface area contributed by atoms with E-state index < -0.39 is 11.5 Å². The molecular weight excluding hydrogens is 502 g/mol. The lowest BCUT2D eigenvalue weighted by molar-refractivity contribution is 0.0791. The first-order valence-corrected chi connectivity index (χ1v) is 12.9. The Kier molecular flexibility index (Phi) is 8.13. The van der Waals surface area contributed by atoms with Crippen LogP contribution < -0.4 is 22.0 Å². The molecule has 1 aliphatic rings. The minimum atomic E-state index is -0.625. The second-order valence-electron chi connectivity index (χ2n) is 8.71. The van der Waals surface area contributed by atoms with Gasteiger partial charge in [0.05, 0.1) is 16.3 Å². The summed E-state index contributed by atoms with van der Waals surface area (Å²) in [7, 11) is 1.67. The fraction of sp³-hybridized carbons (Fsp3) is 0.222. The van der Waals surface area contributed by atoms with Crippen LogP contribution in [0, 0.1) is 11.3 Å². The number of aromatic nitrogens is 1. The second kappa shape index (κ2) is 11.7. The SMILES string of the molecule is CN(C(=O)c1cccc(-c2c(C#N)c(SC/C(N)=N/N)[nH]c(=O)c2C(=O)N2CCCC2)c1)c1ccccc1. The lowest BCUT2D eigenvalue weighted by atomic mass is 9.94. The fourth-order valence-corrected chi connectivity index (χ4v) is 5.14. The summed E-state index contributed by atoms with van der Waals surface area (Å²) in [6.45, 7) is 1.06. The van der Waals surface area contributed by atoms with Crippen LogP contribution in [0.3, 0.4) is 0 Å². The largest absolute Gasteiger partial charge is 0.385 e. The molecule has 1 fully saturated rings. The molecular formula is C27H27N7O3S. The van der Waals surface area contributed by atoms with Gasteiger partial charge in [0, 0.05) is 37.0 Å². The molecule has 0 aliphatic carbocycles. The number of anilines is 1. The highest BCUT2D eigenvalue weighted by atomic mass is 32.2.